The van der Waals surface area contributed by atoms with E-state index in [2.05, 4.69) is 251 Å². The Morgan fingerprint density at radius 1 is 0.279 bits per heavy atom. The first-order valence-corrected chi connectivity index (χ1v) is 20.9. The molecule has 0 amide bonds. The minimum absolute atomic E-state index is 1.11. The van der Waals surface area contributed by atoms with Crippen molar-refractivity contribution in [1.82, 2.24) is 9.13 Å². The molecule has 12 aromatic rings. The molecule has 0 unspecified atom stereocenters. The van der Waals surface area contributed by atoms with Crippen molar-refractivity contribution >= 4 is 71.4 Å². The highest BCUT2D eigenvalue weighted by Gasteiger charge is 2.21. The Balaban J connectivity index is 1.02. The van der Waals surface area contributed by atoms with E-state index in [0.717, 1.165) is 28.4 Å². The van der Waals surface area contributed by atoms with Crippen LogP contribution in [0.1, 0.15) is 0 Å². The molecule has 61 heavy (non-hydrogen) atoms. The van der Waals surface area contributed by atoms with E-state index in [1.807, 2.05) is 0 Å². The molecule has 0 aliphatic rings. The van der Waals surface area contributed by atoms with E-state index in [1.165, 1.54) is 76.6 Å². The average Bonchev–Trinajstić information content (AvgIpc) is 3.86. The number of fused-ring (bicyclic) bond motifs is 8. The van der Waals surface area contributed by atoms with E-state index in [0.29, 0.717) is 0 Å². The second kappa shape index (κ2) is 14.3. The molecule has 10 aromatic carbocycles. The molecule has 3 heteroatoms. The Morgan fingerprint density at radius 3 is 1.57 bits per heavy atom. The fraction of sp³-hybridized carbons (Fsp3) is 0. The molecule has 0 bridgehead atoms. The topological polar surface area (TPSA) is 13.1 Å². The summed E-state index contributed by atoms with van der Waals surface area (Å²) < 4.78 is 4.91. The van der Waals surface area contributed by atoms with Crippen LogP contribution in [0.3, 0.4) is 0 Å². The normalized spacial score (nSPS) is 11.6. The number of aromatic nitrogens is 2. The number of nitrogens with zero attached hydrogens (tertiary/aromatic N) is 3. The van der Waals surface area contributed by atoms with Gasteiger partial charge in [-0.2, -0.15) is 0 Å². The Kier molecular flexibility index (Phi) is 8.17. The van der Waals surface area contributed by atoms with Crippen LogP contribution < -0.4 is 4.90 Å². The number of rotatable bonds is 7. The number of benzene rings is 10. The summed E-state index contributed by atoms with van der Waals surface area (Å²) in [6.07, 6.45) is 0. The standard InChI is InChI=1S/C58H39N3/c1-4-15-40(16-5-1)42-27-31-47(32-28-42)60-55-26-13-11-24-53(55)57-56(60)36-35-52-51-23-10-12-25-54(51)61(58(52)57)50-34-30-44-38-49(33-29-45(44)39-50)59(46-20-8-3-9-21-46)48-22-14-19-43(37-48)41-17-6-2-7-18-41/h1-39H. The molecule has 0 atom stereocenters. The molecule has 3 nitrogen and oxygen atoms in total. The van der Waals surface area contributed by atoms with Gasteiger partial charge < -0.3 is 14.0 Å². The third-order valence-corrected chi connectivity index (χ3v) is 12.3. The van der Waals surface area contributed by atoms with Gasteiger partial charge in [0.2, 0.25) is 0 Å². The summed E-state index contributed by atoms with van der Waals surface area (Å²) in [5, 5.41) is 7.35. The zero-order valence-corrected chi connectivity index (χ0v) is 33.4. The average molecular weight is 778 g/mol. The van der Waals surface area contributed by atoms with E-state index < -0.39 is 0 Å². The first-order valence-electron chi connectivity index (χ1n) is 20.9. The van der Waals surface area contributed by atoms with Crippen molar-refractivity contribution in [3.63, 3.8) is 0 Å². The van der Waals surface area contributed by atoms with Crippen LogP contribution >= 0.6 is 0 Å². The summed E-state index contributed by atoms with van der Waals surface area (Å²) in [5.74, 6) is 0. The summed E-state index contributed by atoms with van der Waals surface area (Å²) in [6, 6.07) is 85.8. The first kappa shape index (κ1) is 34.9. The van der Waals surface area contributed by atoms with Gasteiger partial charge in [-0.15, -0.1) is 0 Å². The minimum atomic E-state index is 1.11. The van der Waals surface area contributed by atoms with Crippen molar-refractivity contribution in [3.05, 3.63) is 237 Å². The third-order valence-electron chi connectivity index (χ3n) is 12.3. The highest BCUT2D eigenvalue weighted by Crippen LogP contribution is 2.43. The number of hydrogen-bond acceptors (Lipinski definition) is 1. The van der Waals surface area contributed by atoms with Crippen molar-refractivity contribution in [1.29, 1.82) is 0 Å². The summed E-state index contributed by atoms with van der Waals surface area (Å²) in [7, 11) is 0. The predicted octanol–water partition coefficient (Wildman–Crippen LogP) is 15.8. The Bertz CT molecular complexity index is 3560. The van der Waals surface area contributed by atoms with Crippen LogP contribution in [-0.2, 0) is 0 Å². The van der Waals surface area contributed by atoms with Crippen molar-refractivity contribution in [2.45, 2.75) is 0 Å². The largest absolute Gasteiger partial charge is 0.310 e. The molecular weight excluding hydrogens is 739 g/mol. The fourth-order valence-corrected chi connectivity index (χ4v) is 9.47. The van der Waals surface area contributed by atoms with Gasteiger partial charge in [-0.3, -0.25) is 0 Å². The zero-order chi connectivity index (χ0) is 40.3. The molecule has 12 rings (SSSR count). The molecule has 286 valence electrons. The van der Waals surface area contributed by atoms with E-state index >= 15 is 0 Å². The van der Waals surface area contributed by atoms with Crippen LogP contribution in [0.5, 0.6) is 0 Å². The predicted molar refractivity (Wildman–Crippen MR) is 258 cm³/mol. The minimum Gasteiger partial charge on any atom is -0.310 e. The molecule has 0 saturated carbocycles. The quantitative estimate of drug-likeness (QED) is 0.157. The summed E-state index contributed by atoms with van der Waals surface area (Å²) in [5.41, 5.74) is 15.2. The van der Waals surface area contributed by atoms with E-state index in [9.17, 15) is 0 Å². The second-order valence-electron chi connectivity index (χ2n) is 15.8. The lowest BCUT2D eigenvalue weighted by Gasteiger charge is -2.26. The molecule has 0 fully saturated rings. The maximum absolute atomic E-state index is 2.49. The van der Waals surface area contributed by atoms with Gasteiger partial charge in [-0.25, -0.2) is 0 Å². The van der Waals surface area contributed by atoms with Gasteiger partial charge in [0.05, 0.1) is 22.1 Å². The fourth-order valence-electron chi connectivity index (χ4n) is 9.47. The molecule has 2 aromatic heterocycles. The monoisotopic (exact) mass is 777 g/mol. The summed E-state index contributed by atoms with van der Waals surface area (Å²) >= 11 is 0. The van der Waals surface area contributed by atoms with Crippen LogP contribution in [0, 0.1) is 0 Å². The maximum Gasteiger partial charge on any atom is 0.0641 e. The van der Waals surface area contributed by atoms with Gasteiger partial charge >= 0.3 is 0 Å². The van der Waals surface area contributed by atoms with E-state index in [4.69, 9.17) is 0 Å². The number of hydrogen-bond donors (Lipinski definition) is 0. The summed E-state index contributed by atoms with van der Waals surface area (Å²) in [6.45, 7) is 0. The lowest BCUT2D eigenvalue weighted by atomic mass is 10.0. The van der Waals surface area contributed by atoms with Gasteiger partial charge in [-0.05, 0) is 112 Å². The Labute approximate surface area is 354 Å². The smallest absolute Gasteiger partial charge is 0.0641 e. The Hall–Kier alpha value is -8.14. The Morgan fingerprint density at radius 2 is 0.820 bits per heavy atom. The number of anilines is 3. The molecule has 0 spiro atoms. The summed E-state index contributed by atoms with van der Waals surface area (Å²) in [4.78, 5) is 2.36. The number of para-hydroxylation sites is 3. The lowest BCUT2D eigenvalue weighted by Crippen LogP contribution is -2.09. The van der Waals surface area contributed by atoms with E-state index in [-0.39, 0.29) is 0 Å². The van der Waals surface area contributed by atoms with Gasteiger partial charge in [0.1, 0.15) is 0 Å². The molecule has 0 aliphatic carbocycles. The molecule has 0 aliphatic heterocycles. The van der Waals surface area contributed by atoms with Crippen LogP contribution in [0.4, 0.5) is 17.1 Å². The van der Waals surface area contributed by atoms with Crippen molar-refractivity contribution in [2.75, 3.05) is 4.90 Å². The van der Waals surface area contributed by atoms with Crippen molar-refractivity contribution in [2.24, 2.45) is 0 Å². The van der Waals surface area contributed by atoms with Crippen LogP contribution in [0.2, 0.25) is 0 Å². The second-order valence-corrected chi connectivity index (χ2v) is 15.8. The van der Waals surface area contributed by atoms with Gasteiger partial charge in [0.25, 0.3) is 0 Å². The van der Waals surface area contributed by atoms with Gasteiger partial charge in [-0.1, -0.05) is 158 Å². The molecular formula is C58H39N3. The molecule has 0 radical (unpaired) electrons. The van der Waals surface area contributed by atoms with Crippen LogP contribution in [0.15, 0.2) is 237 Å². The lowest BCUT2D eigenvalue weighted by molar-refractivity contribution is 1.18. The van der Waals surface area contributed by atoms with Crippen LogP contribution in [0.25, 0.3) is 88.0 Å². The van der Waals surface area contributed by atoms with Crippen molar-refractivity contribution in [3.8, 4) is 33.6 Å². The molecule has 0 saturated heterocycles. The van der Waals surface area contributed by atoms with Crippen molar-refractivity contribution < 1.29 is 0 Å². The maximum atomic E-state index is 2.49. The molecule has 0 N–H and O–H groups in total. The van der Waals surface area contributed by atoms with Crippen LogP contribution in [-0.4, -0.2) is 9.13 Å². The van der Waals surface area contributed by atoms with E-state index in [1.54, 1.807) is 0 Å². The van der Waals surface area contributed by atoms with Gasteiger partial charge in [0.15, 0.2) is 0 Å². The highest BCUT2D eigenvalue weighted by atomic mass is 15.1. The SMILES string of the molecule is c1ccc(-c2ccc(-n3c4ccccc4c4c3ccc3c5ccccc5n(-c5ccc6cc(N(c7ccccc7)c7cccc(-c8ccccc8)c7)ccc6c5)c34)cc2)cc1. The first-order chi connectivity index (χ1) is 30.3. The van der Waals surface area contributed by atoms with Gasteiger partial charge in [0, 0.05) is 50.0 Å². The molecule has 2 heterocycles. The highest BCUT2D eigenvalue weighted by molar-refractivity contribution is 6.26. The third kappa shape index (κ3) is 5.82. The zero-order valence-electron chi connectivity index (χ0n) is 33.4.